The van der Waals surface area contributed by atoms with Gasteiger partial charge in [-0.15, -0.1) is 0 Å². The smallest absolute Gasteiger partial charge is 0.343 e. The van der Waals surface area contributed by atoms with Gasteiger partial charge in [0.05, 0.1) is 24.2 Å². The van der Waals surface area contributed by atoms with Crippen LogP contribution >= 0.6 is 0 Å². The topological polar surface area (TPSA) is 152 Å². The van der Waals surface area contributed by atoms with Crippen LogP contribution in [0.5, 0.6) is 0 Å². The van der Waals surface area contributed by atoms with Crippen LogP contribution in [-0.2, 0) is 34.5 Å². The average Bonchev–Trinajstić information content (AvgIpc) is 3.35. The van der Waals surface area contributed by atoms with E-state index < -0.39 is 69.8 Å². The lowest BCUT2D eigenvalue weighted by atomic mass is 9.38. The summed E-state index contributed by atoms with van der Waals surface area (Å²) in [6.45, 7) is 7.76. The zero-order valence-electron chi connectivity index (χ0n) is 22.8. The first-order valence-corrected chi connectivity index (χ1v) is 13.4. The summed E-state index contributed by atoms with van der Waals surface area (Å²) in [5.74, 6) is -4.71. The molecule has 2 aliphatic heterocycles. The third-order valence-electron chi connectivity index (χ3n) is 10.6. The number of carbonyl (C=O) groups excluding carboxylic acids is 2. The molecule has 3 aliphatic carbocycles. The number of benzene rings is 1. The zero-order chi connectivity index (χ0) is 28.4. The van der Waals surface area contributed by atoms with E-state index >= 15 is 0 Å². The van der Waals surface area contributed by atoms with Gasteiger partial charge in [0.15, 0.2) is 5.60 Å². The molecule has 6 rings (SSSR count). The molecule has 1 spiro atoms. The molecule has 10 heteroatoms. The summed E-state index contributed by atoms with van der Waals surface area (Å²) < 4.78 is 24.0. The normalized spacial score (nSPS) is 48.0. The molecule has 2 saturated heterocycles. The molecule has 0 radical (unpaired) electrons. The van der Waals surface area contributed by atoms with E-state index in [2.05, 4.69) is 0 Å². The Bertz CT molecular complexity index is 1280. The van der Waals surface area contributed by atoms with Crippen LogP contribution in [0.4, 0.5) is 0 Å². The number of hydrogen-bond donors (Lipinski definition) is 4. The van der Waals surface area contributed by atoms with Gasteiger partial charge >= 0.3 is 17.9 Å². The van der Waals surface area contributed by atoms with Crippen molar-refractivity contribution in [3.05, 3.63) is 47.0 Å². The number of rotatable bonds is 2. The van der Waals surface area contributed by atoms with Crippen molar-refractivity contribution in [3.63, 3.8) is 0 Å². The lowest BCUT2D eigenvalue weighted by Crippen LogP contribution is -2.82. The largest absolute Gasteiger partial charge is 0.459 e. The minimum Gasteiger partial charge on any atom is -0.459 e. The molecule has 2 heterocycles. The third-order valence-corrected chi connectivity index (χ3v) is 10.6. The average molecular weight is 545 g/mol. The van der Waals surface area contributed by atoms with E-state index in [1.165, 1.54) is 6.92 Å². The number of hydrogen-bond acceptors (Lipinski definition) is 10. The summed E-state index contributed by atoms with van der Waals surface area (Å²) in [4.78, 5) is 26.1. The quantitative estimate of drug-likeness (QED) is 0.318. The van der Waals surface area contributed by atoms with Crippen molar-refractivity contribution in [1.82, 2.24) is 0 Å². The molecule has 2 saturated carbocycles. The molecule has 0 aromatic heterocycles. The first-order valence-electron chi connectivity index (χ1n) is 13.4. The predicted octanol–water partition coefficient (Wildman–Crippen LogP) is 1.43. The predicted molar refractivity (Wildman–Crippen MR) is 133 cm³/mol. The lowest BCUT2D eigenvalue weighted by Gasteiger charge is -2.70. The van der Waals surface area contributed by atoms with E-state index in [-0.39, 0.29) is 25.9 Å². The molecule has 4 fully saturated rings. The Hall–Kier alpha value is -2.34. The van der Waals surface area contributed by atoms with Crippen molar-refractivity contribution in [1.29, 1.82) is 0 Å². The van der Waals surface area contributed by atoms with E-state index in [9.17, 15) is 30.0 Å². The highest BCUT2D eigenvalue weighted by Gasteiger charge is 2.84. The Morgan fingerprint density at radius 1 is 1.08 bits per heavy atom. The van der Waals surface area contributed by atoms with Crippen LogP contribution in [-0.4, -0.2) is 74.1 Å². The Balaban J connectivity index is 1.60. The standard InChI is InChI=1S/C29H36O10/c1-15-11-20(32)26-13-18-25(5,28(34,22(15)26)23(33)38-24(26,3)4)19(31)12-21(37-16(2)30)27(18)14-36-29(35,39-27)17-9-7-6-8-10-17/h6-10,18-21,31-32,34-35H,11-14H2,1-5H3. The highest BCUT2D eigenvalue weighted by molar-refractivity contribution is 5.89. The molecular weight excluding hydrogens is 508 g/mol. The van der Waals surface area contributed by atoms with Crippen LogP contribution < -0.4 is 0 Å². The van der Waals surface area contributed by atoms with E-state index in [0.717, 1.165) is 0 Å². The molecular formula is C29H36O10. The van der Waals surface area contributed by atoms with Crippen molar-refractivity contribution < 1.29 is 49.0 Å². The minimum atomic E-state index is -2.32. The second kappa shape index (κ2) is 7.90. The zero-order valence-corrected chi connectivity index (χ0v) is 22.8. The van der Waals surface area contributed by atoms with Gasteiger partial charge in [0.25, 0.3) is 0 Å². The fraction of sp³-hybridized carbons (Fsp3) is 0.655. The molecule has 212 valence electrons. The first-order chi connectivity index (χ1) is 18.1. The number of cyclic esters (lactones) is 1. The van der Waals surface area contributed by atoms with Crippen LogP contribution in [0.2, 0.25) is 0 Å². The van der Waals surface area contributed by atoms with Crippen molar-refractivity contribution >= 4 is 11.9 Å². The molecule has 5 aliphatic rings. The summed E-state index contributed by atoms with van der Waals surface area (Å²) in [6, 6.07) is 8.45. The number of esters is 2. The van der Waals surface area contributed by atoms with Crippen molar-refractivity contribution in [2.75, 3.05) is 6.61 Å². The summed E-state index contributed by atoms with van der Waals surface area (Å²) in [7, 11) is 0. The van der Waals surface area contributed by atoms with Gasteiger partial charge in [-0.3, -0.25) is 4.79 Å². The second-order valence-electron chi connectivity index (χ2n) is 12.6. The molecule has 2 bridgehead atoms. The van der Waals surface area contributed by atoms with Gasteiger partial charge < -0.3 is 39.4 Å². The molecule has 4 N–H and O–H groups in total. The van der Waals surface area contributed by atoms with Crippen LogP contribution in [0.3, 0.4) is 0 Å². The molecule has 1 aromatic rings. The summed E-state index contributed by atoms with van der Waals surface area (Å²) in [5.41, 5.74) is -6.65. The van der Waals surface area contributed by atoms with Crippen LogP contribution in [0.25, 0.3) is 0 Å². The highest BCUT2D eigenvalue weighted by atomic mass is 16.9. The number of ether oxygens (including phenoxy) is 4. The van der Waals surface area contributed by atoms with E-state index in [0.29, 0.717) is 16.7 Å². The molecule has 9 atom stereocenters. The highest BCUT2D eigenvalue weighted by Crippen LogP contribution is 2.74. The fourth-order valence-electron chi connectivity index (χ4n) is 8.73. The number of carbonyl (C=O) groups is 2. The Morgan fingerprint density at radius 3 is 2.38 bits per heavy atom. The van der Waals surface area contributed by atoms with Gasteiger partial charge in [0, 0.05) is 30.2 Å². The molecule has 9 unspecified atom stereocenters. The molecule has 0 amide bonds. The number of aliphatic hydroxyl groups is 4. The number of aliphatic hydroxyl groups excluding tert-OH is 2. The van der Waals surface area contributed by atoms with Crippen molar-refractivity contribution in [3.8, 4) is 0 Å². The first kappa shape index (κ1) is 26.9. The monoisotopic (exact) mass is 544 g/mol. The number of fused-ring (bicyclic) bond motifs is 3. The van der Waals surface area contributed by atoms with Gasteiger partial charge in [-0.05, 0) is 39.2 Å². The second-order valence-corrected chi connectivity index (χ2v) is 12.6. The maximum atomic E-state index is 13.8. The van der Waals surface area contributed by atoms with E-state index in [1.54, 1.807) is 58.0 Å². The van der Waals surface area contributed by atoms with Crippen LogP contribution in [0.1, 0.15) is 59.4 Å². The summed E-state index contributed by atoms with van der Waals surface area (Å²) in [5, 5.41) is 47.5. The Kier molecular flexibility index (Phi) is 5.44. The fourth-order valence-corrected chi connectivity index (χ4v) is 8.73. The lowest BCUT2D eigenvalue weighted by molar-refractivity contribution is -0.371. The van der Waals surface area contributed by atoms with Gasteiger partial charge in [-0.25, -0.2) is 4.79 Å². The summed E-state index contributed by atoms with van der Waals surface area (Å²) >= 11 is 0. The van der Waals surface area contributed by atoms with Gasteiger partial charge in [-0.2, -0.15) is 0 Å². The van der Waals surface area contributed by atoms with Crippen molar-refractivity contribution in [2.24, 2.45) is 16.7 Å². The molecule has 10 nitrogen and oxygen atoms in total. The van der Waals surface area contributed by atoms with Crippen molar-refractivity contribution in [2.45, 2.75) is 95.0 Å². The van der Waals surface area contributed by atoms with Crippen LogP contribution in [0.15, 0.2) is 41.5 Å². The Morgan fingerprint density at radius 2 is 1.74 bits per heavy atom. The van der Waals surface area contributed by atoms with Gasteiger partial charge in [0.2, 0.25) is 0 Å². The van der Waals surface area contributed by atoms with Gasteiger partial charge in [-0.1, -0.05) is 42.8 Å². The SMILES string of the molecule is CC(=O)OC1CC(O)C2(C)C(CC34C(=C(C)CC3O)C2(O)C(=O)OC4(C)C)C12COC(O)(c1ccccc1)O2. The van der Waals surface area contributed by atoms with E-state index in [1.807, 2.05) is 0 Å². The van der Waals surface area contributed by atoms with E-state index in [4.69, 9.17) is 18.9 Å². The molecule has 1 aromatic carbocycles. The van der Waals surface area contributed by atoms with Crippen LogP contribution in [0, 0.1) is 16.7 Å². The van der Waals surface area contributed by atoms with Gasteiger partial charge in [0.1, 0.15) is 17.3 Å². The maximum Gasteiger partial charge on any atom is 0.343 e. The Labute approximate surface area is 226 Å². The maximum absolute atomic E-state index is 13.8. The minimum absolute atomic E-state index is 0.100. The third kappa shape index (κ3) is 2.97. The molecule has 39 heavy (non-hydrogen) atoms. The summed E-state index contributed by atoms with van der Waals surface area (Å²) in [6.07, 6.45) is -3.33.